The number of likely N-dealkylation sites (N-methyl/N-ethyl adjacent to an activating group) is 1. The van der Waals surface area contributed by atoms with E-state index in [4.69, 9.17) is 0 Å². The van der Waals surface area contributed by atoms with Crippen LogP contribution in [-0.4, -0.2) is 37.2 Å². The van der Waals surface area contributed by atoms with Crippen LogP contribution in [0.5, 0.6) is 0 Å². The second-order valence-electron chi connectivity index (χ2n) is 5.51. The maximum Gasteiger partial charge on any atom is 0.255 e. The van der Waals surface area contributed by atoms with Crippen molar-refractivity contribution >= 4 is 17.4 Å². The summed E-state index contributed by atoms with van der Waals surface area (Å²) in [5.41, 5.74) is 2.77. The first-order valence-corrected chi connectivity index (χ1v) is 7.12. The third-order valence-electron chi connectivity index (χ3n) is 3.29. The molecule has 4 nitrogen and oxygen atoms in total. The molecule has 1 N–H and O–H groups in total. The summed E-state index contributed by atoms with van der Waals surface area (Å²) in [7, 11) is 3.70. The second kappa shape index (κ2) is 7.00. The maximum atomic E-state index is 12.3. The molecule has 0 atom stereocenters. The highest BCUT2D eigenvalue weighted by atomic mass is 16.1. The highest BCUT2D eigenvalue weighted by Crippen LogP contribution is 2.14. The number of rotatable bonds is 5. The summed E-state index contributed by atoms with van der Waals surface area (Å²) in [6.07, 6.45) is 0. The summed E-state index contributed by atoms with van der Waals surface area (Å²) in [5, 5.41) is 2.84. The Kier molecular flexibility index (Phi) is 5.07. The van der Waals surface area contributed by atoms with E-state index in [0.717, 1.165) is 5.56 Å². The van der Waals surface area contributed by atoms with Gasteiger partial charge in [0.25, 0.3) is 5.91 Å². The highest BCUT2D eigenvalue weighted by molar-refractivity contribution is 6.06. The Bertz CT molecular complexity index is 693. The highest BCUT2D eigenvalue weighted by Gasteiger charge is 2.11. The third kappa shape index (κ3) is 4.02. The zero-order chi connectivity index (χ0) is 16.1. The molecular formula is C18H20N2O2. The predicted octanol–water partition coefficient (Wildman–Crippen LogP) is 2.99. The van der Waals surface area contributed by atoms with Crippen LogP contribution in [0.2, 0.25) is 0 Å². The van der Waals surface area contributed by atoms with Crippen molar-refractivity contribution in [3.63, 3.8) is 0 Å². The van der Waals surface area contributed by atoms with Crippen molar-refractivity contribution in [3.8, 4) is 0 Å². The fourth-order valence-electron chi connectivity index (χ4n) is 2.17. The fourth-order valence-corrected chi connectivity index (χ4v) is 2.17. The lowest BCUT2D eigenvalue weighted by molar-refractivity contribution is 0.0956. The number of nitrogens with zero attached hydrogens (tertiary/aromatic N) is 1. The van der Waals surface area contributed by atoms with Crippen LogP contribution in [0.1, 0.15) is 26.3 Å². The van der Waals surface area contributed by atoms with Gasteiger partial charge in [0.1, 0.15) is 0 Å². The molecule has 0 saturated heterocycles. The van der Waals surface area contributed by atoms with Gasteiger partial charge in [0.05, 0.1) is 6.54 Å². The number of hydrogen-bond donors (Lipinski definition) is 1. The summed E-state index contributed by atoms with van der Waals surface area (Å²) in [6.45, 7) is 2.24. The van der Waals surface area contributed by atoms with Crippen molar-refractivity contribution in [3.05, 3.63) is 65.2 Å². The van der Waals surface area contributed by atoms with Crippen molar-refractivity contribution in [2.24, 2.45) is 0 Å². The van der Waals surface area contributed by atoms with Crippen molar-refractivity contribution < 1.29 is 9.59 Å². The Morgan fingerprint density at radius 2 is 1.77 bits per heavy atom. The standard InChI is InChI=1S/C18H20N2O2/c1-13-7-4-5-10-16(13)18(22)19-15-9-6-8-14(11-15)17(21)12-20(2)3/h4-11H,12H2,1-3H3,(H,19,22). The van der Waals surface area contributed by atoms with Crippen LogP contribution in [0.4, 0.5) is 5.69 Å². The van der Waals surface area contributed by atoms with Crippen LogP contribution in [0.3, 0.4) is 0 Å². The number of hydrogen-bond acceptors (Lipinski definition) is 3. The maximum absolute atomic E-state index is 12.3. The molecule has 4 heteroatoms. The largest absolute Gasteiger partial charge is 0.322 e. The molecular weight excluding hydrogens is 276 g/mol. The van der Waals surface area contributed by atoms with E-state index in [-0.39, 0.29) is 11.7 Å². The van der Waals surface area contributed by atoms with Gasteiger partial charge in [-0.1, -0.05) is 30.3 Å². The molecule has 0 radical (unpaired) electrons. The number of nitrogens with one attached hydrogen (secondary N) is 1. The predicted molar refractivity (Wildman–Crippen MR) is 88.5 cm³/mol. The third-order valence-corrected chi connectivity index (χ3v) is 3.29. The van der Waals surface area contributed by atoms with Crippen LogP contribution in [0.15, 0.2) is 48.5 Å². The molecule has 0 spiro atoms. The molecule has 0 unspecified atom stereocenters. The molecule has 0 aromatic heterocycles. The van der Waals surface area contributed by atoms with Gasteiger partial charge >= 0.3 is 0 Å². The first kappa shape index (κ1) is 15.9. The molecule has 1 amide bonds. The minimum absolute atomic E-state index is 0.0250. The summed E-state index contributed by atoms with van der Waals surface area (Å²) in [4.78, 5) is 26.2. The average molecular weight is 296 g/mol. The van der Waals surface area contributed by atoms with Crippen LogP contribution >= 0.6 is 0 Å². The molecule has 0 heterocycles. The number of ketones is 1. The Balaban J connectivity index is 2.15. The Labute approximate surface area is 130 Å². The Hall–Kier alpha value is -2.46. The van der Waals surface area contributed by atoms with Gasteiger partial charge in [0, 0.05) is 16.8 Å². The number of carbonyl (C=O) groups excluding carboxylic acids is 2. The monoisotopic (exact) mass is 296 g/mol. The van der Waals surface area contributed by atoms with Gasteiger partial charge in [-0.25, -0.2) is 0 Å². The van der Waals surface area contributed by atoms with Crippen molar-refractivity contribution in [1.29, 1.82) is 0 Å². The van der Waals surface area contributed by atoms with E-state index in [1.54, 1.807) is 30.3 Å². The normalized spacial score (nSPS) is 10.5. The fraction of sp³-hybridized carbons (Fsp3) is 0.222. The molecule has 2 rings (SSSR count). The van der Waals surface area contributed by atoms with Gasteiger partial charge in [-0.05, 0) is 44.8 Å². The molecule has 0 aliphatic carbocycles. The second-order valence-corrected chi connectivity index (χ2v) is 5.51. The van der Waals surface area contributed by atoms with E-state index in [1.807, 2.05) is 44.1 Å². The molecule has 0 aliphatic rings. The van der Waals surface area contributed by atoms with Gasteiger partial charge in [-0.3, -0.25) is 9.59 Å². The summed E-state index contributed by atoms with van der Waals surface area (Å²) in [5.74, 6) is -0.146. The van der Waals surface area contributed by atoms with Crippen LogP contribution in [0, 0.1) is 6.92 Å². The van der Waals surface area contributed by atoms with Crippen molar-refractivity contribution in [1.82, 2.24) is 4.90 Å². The first-order chi connectivity index (χ1) is 10.5. The van der Waals surface area contributed by atoms with E-state index in [1.165, 1.54) is 0 Å². The summed E-state index contributed by atoms with van der Waals surface area (Å²) >= 11 is 0. The number of benzene rings is 2. The zero-order valence-corrected chi connectivity index (χ0v) is 13.1. The minimum atomic E-state index is -0.171. The molecule has 0 bridgehead atoms. The average Bonchev–Trinajstić information content (AvgIpc) is 2.47. The number of aryl methyl sites for hydroxylation is 1. The lowest BCUT2D eigenvalue weighted by atomic mass is 10.1. The summed E-state index contributed by atoms with van der Waals surface area (Å²) in [6, 6.07) is 14.4. The molecule has 0 saturated carbocycles. The Morgan fingerprint density at radius 3 is 2.45 bits per heavy atom. The summed E-state index contributed by atoms with van der Waals surface area (Å²) < 4.78 is 0. The lowest BCUT2D eigenvalue weighted by Crippen LogP contribution is -2.21. The van der Waals surface area contributed by atoms with E-state index in [2.05, 4.69) is 5.32 Å². The number of anilines is 1. The molecule has 0 aliphatic heterocycles. The Morgan fingerprint density at radius 1 is 1.05 bits per heavy atom. The topological polar surface area (TPSA) is 49.4 Å². The van der Waals surface area contributed by atoms with Crippen LogP contribution in [0.25, 0.3) is 0 Å². The SMILES string of the molecule is Cc1ccccc1C(=O)Nc1cccc(C(=O)CN(C)C)c1. The van der Waals surface area contributed by atoms with E-state index < -0.39 is 0 Å². The number of amides is 1. The van der Waals surface area contributed by atoms with Crippen LogP contribution < -0.4 is 5.32 Å². The van der Waals surface area contributed by atoms with E-state index >= 15 is 0 Å². The molecule has 22 heavy (non-hydrogen) atoms. The van der Waals surface area contributed by atoms with Gasteiger partial charge in [-0.2, -0.15) is 0 Å². The van der Waals surface area contributed by atoms with Crippen LogP contribution in [-0.2, 0) is 0 Å². The van der Waals surface area contributed by atoms with Gasteiger partial charge in [-0.15, -0.1) is 0 Å². The van der Waals surface area contributed by atoms with E-state index in [0.29, 0.717) is 23.4 Å². The minimum Gasteiger partial charge on any atom is -0.322 e. The number of carbonyl (C=O) groups is 2. The zero-order valence-electron chi connectivity index (χ0n) is 13.1. The van der Waals surface area contributed by atoms with Crippen molar-refractivity contribution in [2.75, 3.05) is 26.0 Å². The van der Waals surface area contributed by atoms with E-state index in [9.17, 15) is 9.59 Å². The van der Waals surface area contributed by atoms with Gasteiger partial charge < -0.3 is 10.2 Å². The molecule has 2 aromatic carbocycles. The number of Topliss-reactive ketones (excluding diaryl/α,β-unsaturated/α-hetero) is 1. The molecule has 0 fully saturated rings. The molecule has 2 aromatic rings. The lowest BCUT2D eigenvalue weighted by Gasteiger charge is -2.11. The van der Waals surface area contributed by atoms with Gasteiger partial charge in [0.15, 0.2) is 5.78 Å². The quantitative estimate of drug-likeness (QED) is 0.863. The van der Waals surface area contributed by atoms with Crippen molar-refractivity contribution in [2.45, 2.75) is 6.92 Å². The molecule has 114 valence electrons. The smallest absolute Gasteiger partial charge is 0.255 e. The van der Waals surface area contributed by atoms with Gasteiger partial charge in [0.2, 0.25) is 0 Å². The first-order valence-electron chi connectivity index (χ1n) is 7.12.